The van der Waals surface area contributed by atoms with Gasteiger partial charge in [0, 0.05) is 37.4 Å². The number of carbonyl (C=O) groups is 1. The molecule has 1 aliphatic rings. The lowest BCUT2D eigenvalue weighted by Crippen LogP contribution is -2.47. The molecule has 0 radical (unpaired) electrons. The van der Waals surface area contributed by atoms with Crippen LogP contribution >= 0.6 is 0 Å². The molecule has 1 saturated heterocycles. The first kappa shape index (κ1) is 23.9. The number of rotatable bonds is 8. The Kier molecular flexibility index (Phi) is 6.65. The van der Waals surface area contributed by atoms with Crippen molar-refractivity contribution in [1.82, 2.24) is 24.6 Å². The lowest BCUT2D eigenvalue weighted by molar-refractivity contribution is 0.0589. The first-order valence-electron chi connectivity index (χ1n) is 12.2. The van der Waals surface area contributed by atoms with E-state index in [9.17, 15) is 9.18 Å². The highest BCUT2D eigenvalue weighted by Crippen LogP contribution is 2.23. The number of aryl methyl sites for hydroxylation is 2. The standard InChI is InChI=1S/C27H30FN7O/c1-4-35-16-24-26(33-35)32-25(12-29-24)30-18(3)19-6-5-7-23(11-19)31-27(36)20-8-9-21(17(2)10-20)13-34-14-22(28)15-34/h5-12,16,18,22H,4,13-15H2,1-3H3,(H,31,36)(H,30,32,33)/t18-/m0/s1. The van der Waals surface area contributed by atoms with E-state index < -0.39 is 6.17 Å². The number of hydrogen-bond donors (Lipinski definition) is 2. The Morgan fingerprint density at radius 2 is 2.06 bits per heavy atom. The number of alkyl halides is 1. The molecular weight excluding hydrogens is 457 g/mol. The molecule has 1 atom stereocenters. The zero-order valence-corrected chi connectivity index (χ0v) is 20.7. The zero-order valence-electron chi connectivity index (χ0n) is 20.7. The molecule has 9 heteroatoms. The van der Waals surface area contributed by atoms with Crippen LogP contribution in [-0.2, 0) is 13.1 Å². The van der Waals surface area contributed by atoms with Crippen LogP contribution in [0, 0.1) is 6.92 Å². The molecule has 36 heavy (non-hydrogen) atoms. The molecule has 4 aromatic rings. The van der Waals surface area contributed by atoms with E-state index in [4.69, 9.17) is 0 Å². The van der Waals surface area contributed by atoms with E-state index in [0.717, 1.165) is 28.8 Å². The third-order valence-corrected chi connectivity index (χ3v) is 6.52. The van der Waals surface area contributed by atoms with Crippen LogP contribution in [0.3, 0.4) is 0 Å². The molecule has 1 aliphatic heterocycles. The minimum absolute atomic E-state index is 0.0613. The molecule has 5 rings (SSSR count). The summed E-state index contributed by atoms with van der Waals surface area (Å²) in [5, 5.41) is 10.8. The van der Waals surface area contributed by atoms with Crippen molar-refractivity contribution in [2.75, 3.05) is 23.7 Å². The average molecular weight is 488 g/mol. The van der Waals surface area contributed by atoms with Crippen molar-refractivity contribution in [3.05, 3.63) is 77.1 Å². The first-order valence-corrected chi connectivity index (χ1v) is 12.2. The maximum atomic E-state index is 13.1. The monoisotopic (exact) mass is 487 g/mol. The molecule has 0 aliphatic carbocycles. The van der Waals surface area contributed by atoms with E-state index in [1.54, 1.807) is 6.20 Å². The molecule has 0 unspecified atom stereocenters. The highest BCUT2D eigenvalue weighted by Gasteiger charge is 2.26. The van der Waals surface area contributed by atoms with Crippen molar-refractivity contribution in [2.45, 2.75) is 46.1 Å². The summed E-state index contributed by atoms with van der Waals surface area (Å²) < 4.78 is 14.9. The number of aromatic nitrogens is 4. The number of fused-ring (bicyclic) bond motifs is 1. The predicted octanol–water partition coefficient (Wildman–Crippen LogP) is 4.73. The SMILES string of the molecule is CCn1cc2ncc(N[C@@H](C)c3cccc(NC(=O)c4ccc(CN5CC(F)C5)c(C)c4)c3)nc2n1. The molecule has 1 fully saturated rings. The van der Waals surface area contributed by atoms with Crippen LogP contribution in [0.4, 0.5) is 15.9 Å². The van der Waals surface area contributed by atoms with Gasteiger partial charge in [0.25, 0.3) is 5.91 Å². The summed E-state index contributed by atoms with van der Waals surface area (Å²) in [7, 11) is 0. The molecule has 2 N–H and O–H groups in total. The van der Waals surface area contributed by atoms with Gasteiger partial charge in [0.05, 0.1) is 18.4 Å². The van der Waals surface area contributed by atoms with E-state index >= 15 is 0 Å². The molecule has 0 saturated carbocycles. The largest absolute Gasteiger partial charge is 0.362 e. The number of amides is 1. The lowest BCUT2D eigenvalue weighted by Gasteiger charge is -2.34. The fourth-order valence-electron chi connectivity index (χ4n) is 4.36. The number of nitrogens with zero attached hydrogens (tertiary/aromatic N) is 5. The van der Waals surface area contributed by atoms with Gasteiger partial charge in [0.15, 0.2) is 0 Å². The molecular formula is C27H30FN7O. The molecule has 2 aromatic carbocycles. The maximum Gasteiger partial charge on any atom is 0.255 e. The minimum atomic E-state index is -0.716. The van der Waals surface area contributed by atoms with Gasteiger partial charge in [0.1, 0.15) is 17.5 Å². The van der Waals surface area contributed by atoms with Crippen LogP contribution in [0.15, 0.2) is 54.9 Å². The molecule has 2 aromatic heterocycles. The van der Waals surface area contributed by atoms with Crippen molar-refractivity contribution in [3.8, 4) is 0 Å². The Morgan fingerprint density at radius 3 is 2.81 bits per heavy atom. The molecule has 0 bridgehead atoms. The van der Waals surface area contributed by atoms with E-state index in [-0.39, 0.29) is 11.9 Å². The van der Waals surface area contributed by atoms with E-state index in [1.165, 1.54) is 0 Å². The highest BCUT2D eigenvalue weighted by molar-refractivity contribution is 6.04. The second-order valence-corrected chi connectivity index (χ2v) is 9.33. The van der Waals surface area contributed by atoms with Crippen LogP contribution in [0.1, 0.15) is 46.9 Å². The second-order valence-electron chi connectivity index (χ2n) is 9.33. The summed E-state index contributed by atoms with van der Waals surface area (Å²) in [4.78, 5) is 24.0. The predicted molar refractivity (Wildman–Crippen MR) is 139 cm³/mol. The number of halogens is 1. The second kappa shape index (κ2) is 10.0. The topological polar surface area (TPSA) is 88.0 Å². The van der Waals surface area contributed by atoms with Gasteiger partial charge in [0.2, 0.25) is 5.65 Å². The number of hydrogen-bond acceptors (Lipinski definition) is 6. The third-order valence-electron chi connectivity index (χ3n) is 6.52. The van der Waals surface area contributed by atoms with E-state index in [2.05, 4.69) is 30.6 Å². The molecule has 186 valence electrons. The Bertz CT molecular complexity index is 1400. The fourth-order valence-corrected chi connectivity index (χ4v) is 4.36. The Morgan fingerprint density at radius 1 is 1.22 bits per heavy atom. The maximum absolute atomic E-state index is 13.1. The summed E-state index contributed by atoms with van der Waals surface area (Å²) in [6.45, 7) is 8.47. The normalized spacial score (nSPS) is 15.0. The van der Waals surface area contributed by atoms with Crippen LogP contribution in [-0.4, -0.2) is 49.8 Å². The first-order chi connectivity index (χ1) is 17.4. The van der Waals surface area contributed by atoms with Crippen LogP contribution in [0.25, 0.3) is 11.2 Å². The van der Waals surface area contributed by atoms with Crippen molar-refractivity contribution < 1.29 is 9.18 Å². The van der Waals surface area contributed by atoms with Crippen molar-refractivity contribution in [1.29, 1.82) is 0 Å². The number of carbonyl (C=O) groups excluding carboxylic acids is 1. The lowest BCUT2D eigenvalue weighted by atomic mass is 10.0. The van der Waals surface area contributed by atoms with E-state index in [1.807, 2.05) is 74.1 Å². The van der Waals surface area contributed by atoms with Gasteiger partial charge in [-0.05, 0) is 61.7 Å². The summed E-state index contributed by atoms with van der Waals surface area (Å²) in [6.07, 6.45) is 2.87. The minimum Gasteiger partial charge on any atom is -0.362 e. The van der Waals surface area contributed by atoms with Crippen molar-refractivity contribution in [2.24, 2.45) is 0 Å². The van der Waals surface area contributed by atoms with Gasteiger partial charge in [-0.3, -0.25) is 14.4 Å². The van der Waals surface area contributed by atoms with Gasteiger partial charge in [-0.2, -0.15) is 5.10 Å². The highest BCUT2D eigenvalue weighted by atomic mass is 19.1. The van der Waals surface area contributed by atoms with Gasteiger partial charge >= 0.3 is 0 Å². The summed E-state index contributed by atoms with van der Waals surface area (Å²) in [5.41, 5.74) is 5.81. The number of anilines is 2. The van der Waals surface area contributed by atoms with Gasteiger partial charge in [-0.15, -0.1) is 0 Å². The molecule has 0 spiro atoms. The van der Waals surface area contributed by atoms with Crippen LogP contribution in [0.2, 0.25) is 0 Å². The van der Waals surface area contributed by atoms with Gasteiger partial charge < -0.3 is 10.6 Å². The smallest absolute Gasteiger partial charge is 0.255 e. The van der Waals surface area contributed by atoms with Crippen LogP contribution in [0.5, 0.6) is 0 Å². The van der Waals surface area contributed by atoms with Gasteiger partial charge in [-0.1, -0.05) is 18.2 Å². The summed E-state index contributed by atoms with van der Waals surface area (Å²) >= 11 is 0. The van der Waals surface area contributed by atoms with Crippen molar-refractivity contribution in [3.63, 3.8) is 0 Å². The number of nitrogens with one attached hydrogen (secondary N) is 2. The van der Waals surface area contributed by atoms with Crippen LogP contribution < -0.4 is 10.6 Å². The van der Waals surface area contributed by atoms with E-state index in [0.29, 0.717) is 42.4 Å². The zero-order chi connectivity index (χ0) is 25.2. The Hall–Kier alpha value is -3.85. The quantitative estimate of drug-likeness (QED) is 0.374. The third kappa shape index (κ3) is 5.21. The number of likely N-dealkylation sites (tertiary alicyclic amines) is 1. The van der Waals surface area contributed by atoms with Gasteiger partial charge in [-0.25, -0.2) is 14.4 Å². The Labute approximate surface area is 209 Å². The average Bonchev–Trinajstić information content (AvgIpc) is 3.27. The molecule has 3 heterocycles. The summed E-state index contributed by atoms with van der Waals surface area (Å²) in [5.74, 6) is 0.472. The van der Waals surface area contributed by atoms with Crippen molar-refractivity contribution >= 4 is 28.6 Å². The Balaban J connectivity index is 1.24. The molecule has 8 nitrogen and oxygen atoms in total. The summed E-state index contributed by atoms with van der Waals surface area (Å²) in [6, 6.07) is 13.4. The fraction of sp³-hybridized carbons (Fsp3) is 0.333. The number of benzene rings is 2. The molecule has 1 amide bonds.